The molecule has 0 bridgehead atoms. The summed E-state index contributed by atoms with van der Waals surface area (Å²) in [5.41, 5.74) is 6.62. The highest BCUT2D eigenvalue weighted by molar-refractivity contribution is 5.85. The fourth-order valence-corrected chi connectivity index (χ4v) is 1.98. The minimum Gasteiger partial charge on any atom is -0.324 e. The van der Waals surface area contributed by atoms with E-state index >= 15 is 0 Å². The van der Waals surface area contributed by atoms with E-state index in [4.69, 9.17) is 5.73 Å². The summed E-state index contributed by atoms with van der Waals surface area (Å²) in [5, 5.41) is 0. The van der Waals surface area contributed by atoms with E-state index in [1.807, 2.05) is 6.07 Å². The van der Waals surface area contributed by atoms with Gasteiger partial charge in [0.05, 0.1) is 18.3 Å². The first-order chi connectivity index (χ1) is 6.81. The second-order valence-corrected chi connectivity index (χ2v) is 3.74. The summed E-state index contributed by atoms with van der Waals surface area (Å²) in [6, 6.07) is 2.45. The van der Waals surface area contributed by atoms with E-state index in [-0.39, 0.29) is 12.4 Å². The molecule has 0 radical (unpaired) electrons. The SMILES string of the molecule is CN1CCCC1c1ccnc(CN)n1.Cl. The Hall–Kier alpha value is -0.710. The zero-order valence-electron chi connectivity index (χ0n) is 8.89. The van der Waals surface area contributed by atoms with Crippen LogP contribution in [0.1, 0.15) is 30.4 Å². The van der Waals surface area contributed by atoms with Crippen LogP contribution < -0.4 is 5.73 Å². The molecular formula is C10H17ClN4. The predicted octanol–water partition coefficient (Wildman–Crippen LogP) is 1.12. The molecular weight excluding hydrogens is 212 g/mol. The van der Waals surface area contributed by atoms with E-state index in [2.05, 4.69) is 21.9 Å². The maximum Gasteiger partial charge on any atom is 0.142 e. The lowest BCUT2D eigenvalue weighted by Gasteiger charge is -2.18. The molecule has 2 rings (SSSR count). The van der Waals surface area contributed by atoms with Crippen LogP contribution in [0.5, 0.6) is 0 Å². The molecule has 1 aromatic rings. The van der Waals surface area contributed by atoms with Crippen molar-refractivity contribution in [3.63, 3.8) is 0 Å². The number of rotatable bonds is 2. The second-order valence-electron chi connectivity index (χ2n) is 3.74. The number of aromatic nitrogens is 2. The Kier molecular flexibility index (Phi) is 4.45. The third-order valence-corrected chi connectivity index (χ3v) is 2.77. The van der Waals surface area contributed by atoms with Crippen LogP contribution in [0.3, 0.4) is 0 Å². The molecule has 84 valence electrons. The summed E-state index contributed by atoms with van der Waals surface area (Å²) in [7, 11) is 2.14. The average molecular weight is 229 g/mol. The van der Waals surface area contributed by atoms with Crippen molar-refractivity contribution in [2.45, 2.75) is 25.4 Å². The van der Waals surface area contributed by atoms with Gasteiger partial charge in [0, 0.05) is 6.20 Å². The molecule has 0 saturated carbocycles. The van der Waals surface area contributed by atoms with Gasteiger partial charge >= 0.3 is 0 Å². The van der Waals surface area contributed by atoms with E-state index in [0.29, 0.717) is 12.6 Å². The molecule has 1 fully saturated rings. The lowest BCUT2D eigenvalue weighted by molar-refractivity contribution is 0.311. The molecule has 4 nitrogen and oxygen atoms in total. The number of likely N-dealkylation sites (tertiary alicyclic amines) is 1. The number of halogens is 1. The van der Waals surface area contributed by atoms with Gasteiger partial charge in [-0.05, 0) is 32.5 Å². The van der Waals surface area contributed by atoms with E-state index in [1.165, 1.54) is 12.8 Å². The van der Waals surface area contributed by atoms with Crippen LogP contribution in [-0.4, -0.2) is 28.5 Å². The van der Waals surface area contributed by atoms with Gasteiger partial charge in [-0.15, -0.1) is 12.4 Å². The molecule has 0 aromatic carbocycles. The molecule has 0 aliphatic carbocycles. The van der Waals surface area contributed by atoms with Gasteiger partial charge in [-0.3, -0.25) is 4.90 Å². The molecule has 0 amide bonds. The molecule has 1 aliphatic heterocycles. The van der Waals surface area contributed by atoms with Crippen LogP contribution in [0.25, 0.3) is 0 Å². The van der Waals surface area contributed by atoms with Gasteiger partial charge < -0.3 is 5.73 Å². The maximum atomic E-state index is 5.51. The number of nitrogens with zero attached hydrogens (tertiary/aromatic N) is 3. The molecule has 1 atom stereocenters. The van der Waals surface area contributed by atoms with Crippen LogP contribution in [0.2, 0.25) is 0 Å². The minimum atomic E-state index is 0. The van der Waals surface area contributed by atoms with Crippen molar-refractivity contribution in [1.29, 1.82) is 0 Å². The van der Waals surface area contributed by atoms with Crippen molar-refractivity contribution in [2.24, 2.45) is 5.73 Å². The molecule has 1 unspecified atom stereocenters. The summed E-state index contributed by atoms with van der Waals surface area (Å²) in [4.78, 5) is 10.9. The topological polar surface area (TPSA) is 55.0 Å². The Morgan fingerprint density at radius 3 is 3.00 bits per heavy atom. The average Bonchev–Trinajstić information content (AvgIpc) is 2.65. The van der Waals surface area contributed by atoms with Gasteiger partial charge in [0.1, 0.15) is 5.82 Å². The van der Waals surface area contributed by atoms with E-state index in [9.17, 15) is 0 Å². The second kappa shape index (κ2) is 5.39. The number of nitrogens with two attached hydrogens (primary N) is 1. The minimum absolute atomic E-state index is 0. The van der Waals surface area contributed by atoms with Crippen LogP contribution in [0.15, 0.2) is 12.3 Å². The Bertz CT molecular complexity index is 318. The van der Waals surface area contributed by atoms with Crippen molar-refractivity contribution in [1.82, 2.24) is 14.9 Å². The smallest absolute Gasteiger partial charge is 0.142 e. The van der Waals surface area contributed by atoms with Crippen molar-refractivity contribution in [3.05, 3.63) is 23.8 Å². The van der Waals surface area contributed by atoms with Gasteiger partial charge in [0.25, 0.3) is 0 Å². The van der Waals surface area contributed by atoms with Gasteiger partial charge in [0.15, 0.2) is 0 Å². The highest BCUT2D eigenvalue weighted by Gasteiger charge is 2.23. The Balaban J connectivity index is 0.00000112. The summed E-state index contributed by atoms with van der Waals surface area (Å²) in [6.45, 7) is 1.58. The predicted molar refractivity (Wildman–Crippen MR) is 61.8 cm³/mol. The third-order valence-electron chi connectivity index (χ3n) is 2.77. The van der Waals surface area contributed by atoms with Crippen LogP contribution in [0.4, 0.5) is 0 Å². The van der Waals surface area contributed by atoms with Crippen LogP contribution in [-0.2, 0) is 6.54 Å². The summed E-state index contributed by atoms with van der Waals surface area (Å²) in [5.74, 6) is 0.739. The Labute approximate surface area is 96.3 Å². The molecule has 15 heavy (non-hydrogen) atoms. The first-order valence-corrected chi connectivity index (χ1v) is 5.03. The molecule has 1 aliphatic rings. The molecule has 5 heteroatoms. The molecule has 2 heterocycles. The van der Waals surface area contributed by atoms with E-state index < -0.39 is 0 Å². The van der Waals surface area contributed by atoms with Crippen molar-refractivity contribution in [2.75, 3.05) is 13.6 Å². The summed E-state index contributed by atoms with van der Waals surface area (Å²) >= 11 is 0. The molecule has 2 N–H and O–H groups in total. The van der Waals surface area contributed by atoms with Gasteiger partial charge in [-0.1, -0.05) is 0 Å². The van der Waals surface area contributed by atoms with Crippen LogP contribution >= 0.6 is 12.4 Å². The lowest BCUT2D eigenvalue weighted by Crippen LogP contribution is -2.19. The van der Waals surface area contributed by atoms with Crippen molar-refractivity contribution < 1.29 is 0 Å². The zero-order valence-corrected chi connectivity index (χ0v) is 9.70. The first-order valence-electron chi connectivity index (χ1n) is 5.03. The zero-order chi connectivity index (χ0) is 9.97. The Morgan fingerprint density at radius 1 is 1.60 bits per heavy atom. The monoisotopic (exact) mass is 228 g/mol. The lowest BCUT2D eigenvalue weighted by atomic mass is 10.1. The van der Waals surface area contributed by atoms with Gasteiger partial charge in [-0.25, -0.2) is 9.97 Å². The summed E-state index contributed by atoms with van der Waals surface area (Å²) in [6.07, 6.45) is 4.25. The third kappa shape index (κ3) is 2.65. The fraction of sp³-hybridized carbons (Fsp3) is 0.600. The van der Waals surface area contributed by atoms with Crippen LogP contribution in [0, 0.1) is 0 Å². The first kappa shape index (κ1) is 12.4. The van der Waals surface area contributed by atoms with Gasteiger partial charge in [0.2, 0.25) is 0 Å². The normalized spacial score (nSPS) is 21.3. The molecule has 1 saturated heterocycles. The largest absolute Gasteiger partial charge is 0.324 e. The number of hydrogen-bond acceptors (Lipinski definition) is 4. The number of hydrogen-bond donors (Lipinski definition) is 1. The van der Waals surface area contributed by atoms with E-state index in [1.54, 1.807) is 6.20 Å². The van der Waals surface area contributed by atoms with E-state index in [0.717, 1.165) is 18.1 Å². The van der Waals surface area contributed by atoms with Crippen molar-refractivity contribution in [3.8, 4) is 0 Å². The standard InChI is InChI=1S/C10H16N4.ClH/c1-14-6-2-3-9(14)8-4-5-12-10(7-11)13-8;/h4-5,9H,2-3,6-7,11H2,1H3;1H. The van der Waals surface area contributed by atoms with Gasteiger partial charge in [-0.2, -0.15) is 0 Å². The summed E-state index contributed by atoms with van der Waals surface area (Å²) < 4.78 is 0. The fourth-order valence-electron chi connectivity index (χ4n) is 1.98. The van der Waals surface area contributed by atoms with Crippen molar-refractivity contribution >= 4 is 12.4 Å². The highest BCUT2D eigenvalue weighted by atomic mass is 35.5. The molecule has 0 spiro atoms. The quantitative estimate of drug-likeness (QED) is 0.825. The Morgan fingerprint density at radius 2 is 2.40 bits per heavy atom. The molecule has 1 aromatic heterocycles. The maximum absolute atomic E-state index is 5.51. The highest BCUT2D eigenvalue weighted by Crippen LogP contribution is 2.28.